The standard InChI is InChI=1S/C26H26N2O4S/c1-16-8-9-21(10-17(16)2)28-24(29)15-33-26(28)18-6-5-7-20(11-18)27-25(30)19-12-22(31-3)14-23(13-19)32-4/h5-14,26H,15H2,1-4H3,(H,27,30)/t26-/m1/s1. The topological polar surface area (TPSA) is 67.9 Å². The van der Waals surface area contributed by atoms with Gasteiger partial charge in [-0.1, -0.05) is 18.2 Å². The molecule has 0 saturated carbocycles. The van der Waals surface area contributed by atoms with E-state index in [4.69, 9.17) is 9.47 Å². The molecule has 2 amide bonds. The third-order valence-corrected chi connectivity index (χ3v) is 6.89. The van der Waals surface area contributed by atoms with Gasteiger partial charge >= 0.3 is 0 Å². The highest BCUT2D eigenvalue weighted by Gasteiger charge is 2.34. The van der Waals surface area contributed by atoms with E-state index in [1.807, 2.05) is 54.3 Å². The fourth-order valence-corrected chi connectivity index (χ4v) is 4.90. The van der Waals surface area contributed by atoms with E-state index >= 15 is 0 Å². The number of carbonyl (C=O) groups excluding carboxylic acids is 2. The Balaban J connectivity index is 1.59. The summed E-state index contributed by atoms with van der Waals surface area (Å²) >= 11 is 1.58. The number of thioether (sulfide) groups is 1. The number of nitrogens with zero attached hydrogens (tertiary/aromatic N) is 1. The van der Waals surface area contributed by atoms with Crippen LogP contribution < -0.4 is 19.7 Å². The van der Waals surface area contributed by atoms with Crippen molar-refractivity contribution in [2.24, 2.45) is 0 Å². The van der Waals surface area contributed by atoms with Crippen LogP contribution in [0.5, 0.6) is 11.5 Å². The van der Waals surface area contributed by atoms with E-state index < -0.39 is 0 Å². The lowest BCUT2D eigenvalue weighted by molar-refractivity contribution is -0.115. The van der Waals surface area contributed by atoms with Gasteiger partial charge in [0.15, 0.2) is 0 Å². The molecule has 1 heterocycles. The lowest BCUT2D eigenvalue weighted by Crippen LogP contribution is -2.28. The van der Waals surface area contributed by atoms with Crippen molar-refractivity contribution in [3.63, 3.8) is 0 Å². The van der Waals surface area contributed by atoms with Gasteiger partial charge in [0.2, 0.25) is 5.91 Å². The highest BCUT2D eigenvalue weighted by molar-refractivity contribution is 8.00. The van der Waals surface area contributed by atoms with Crippen LogP contribution in [0.25, 0.3) is 0 Å². The SMILES string of the molecule is COc1cc(OC)cc(C(=O)Nc2cccc([C@H]3SCC(=O)N3c3ccc(C)c(C)c3)c2)c1. The molecule has 0 radical (unpaired) electrons. The summed E-state index contributed by atoms with van der Waals surface area (Å²) in [6.45, 7) is 4.10. The summed E-state index contributed by atoms with van der Waals surface area (Å²) in [6, 6.07) is 18.7. The minimum Gasteiger partial charge on any atom is -0.497 e. The molecule has 7 heteroatoms. The van der Waals surface area contributed by atoms with E-state index in [2.05, 4.69) is 12.2 Å². The number of hydrogen-bond acceptors (Lipinski definition) is 5. The minimum atomic E-state index is -0.273. The molecule has 1 aliphatic rings. The summed E-state index contributed by atoms with van der Waals surface area (Å²) < 4.78 is 10.5. The molecular weight excluding hydrogens is 436 g/mol. The number of benzene rings is 3. The molecule has 1 N–H and O–H groups in total. The highest BCUT2D eigenvalue weighted by atomic mass is 32.2. The third-order valence-electron chi connectivity index (χ3n) is 5.68. The first-order valence-corrected chi connectivity index (χ1v) is 11.6. The van der Waals surface area contributed by atoms with Crippen LogP contribution in [0.3, 0.4) is 0 Å². The summed E-state index contributed by atoms with van der Waals surface area (Å²) in [5.41, 5.74) is 5.25. The van der Waals surface area contributed by atoms with E-state index in [0.717, 1.165) is 16.8 Å². The summed E-state index contributed by atoms with van der Waals surface area (Å²) in [4.78, 5) is 27.5. The van der Waals surface area contributed by atoms with Crippen LogP contribution in [0.2, 0.25) is 0 Å². The monoisotopic (exact) mass is 462 g/mol. The predicted molar refractivity (Wildman–Crippen MR) is 133 cm³/mol. The van der Waals surface area contributed by atoms with Crippen LogP contribution in [0.1, 0.15) is 32.4 Å². The Morgan fingerprint density at radius 2 is 1.70 bits per heavy atom. The number of anilines is 2. The molecule has 0 aromatic heterocycles. The summed E-state index contributed by atoms with van der Waals surface area (Å²) in [7, 11) is 3.09. The molecule has 0 aliphatic carbocycles. The van der Waals surface area contributed by atoms with Crippen LogP contribution in [0.15, 0.2) is 60.7 Å². The zero-order valence-corrected chi connectivity index (χ0v) is 19.9. The minimum absolute atomic E-state index is 0.0752. The van der Waals surface area contributed by atoms with Gasteiger partial charge in [-0.05, 0) is 66.9 Å². The molecule has 1 aliphatic heterocycles. The Labute approximate surface area is 197 Å². The Hall–Kier alpha value is -3.45. The van der Waals surface area contributed by atoms with Crippen LogP contribution >= 0.6 is 11.8 Å². The molecule has 1 fully saturated rings. The van der Waals surface area contributed by atoms with Crippen molar-refractivity contribution in [2.45, 2.75) is 19.2 Å². The van der Waals surface area contributed by atoms with Gasteiger partial charge in [-0.2, -0.15) is 0 Å². The lowest BCUT2D eigenvalue weighted by Gasteiger charge is -2.25. The van der Waals surface area contributed by atoms with Crippen molar-refractivity contribution in [1.29, 1.82) is 0 Å². The van der Waals surface area contributed by atoms with Crippen LogP contribution in [-0.4, -0.2) is 31.8 Å². The third kappa shape index (κ3) is 4.83. The quantitative estimate of drug-likeness (QED) is 0.535. The first kappa shape index (κ1) is 22.7. The molecule has 33 heavy (non-hydrogen) atoms. The number of ether oxygens (including phenoxy) is 2. The molecule has 1 saturated heterocycles. The average molecular weight is 463 g/mol. The second kappa shape index (κ2) is 9.58. The van der Waals surface area contributed by atoms with Gasteiger partial charge in [-0.3, -0.25) is 14.5 Å². The van der Waals surface area contributed by atoms with Crippen molar-refractivity contribution in [3.8, 4) is 11.5 Å². The normalized spacial score (nSPS) is 15.5. The van der Waals surface area contributed by atoms with Crippen LogP contribution in [0, 0.1) is 13.8 Å². The van der Waals surface area contributed by atoms with E-state index in [1.165, 1.54) is 5.56 Å². The molecule has 0 spiro atoms. The molecule has 6 nitrogen and oxygen atoms in total. The van der Waals surface area contributed by atoms with Gasteiger partial charge in [0, 0.05) is 23.0 Å². The average Bonchev–Trinajstić information content (AvgIpc) is 3.22. The molecule has 3 aromatic carbocycles. The van der Waals surface area contributed by atoms with Crippen molar-refractivity contribution in [3.05, 3.63) is 82.9 Å². The maximum absolute atomic E-state index is 12.9. The number of methoxy groups -OCH3 is 2. The Morgan fingerprint density at radius 3 is 2.36 bits per heavy atom. The molecule has 4 rings (SSSR count). The smallest absolute Gasteiger partial charge is 0.255 e. The molecule has 0 unspecified atom stereocenters. The van der Waals surface area contributed by atoms with Crippen molar-refractivity contribution < 1.29 is 19.1 Å². The molecule has 1 atom stereocenters. The number of carbonyl (C=O) groups is 2. The second-order valence-electron chi connectivity index (χ2n) is 7.88. The highest BCUT2D eigenvalue weighted by Crippen LogP contribution is 2.42. The Bertz CT molecular complexity index is 1190. The van der Waals surface area contributed by atoms with Gasteiger partial charge in [0.05, 0.1) is 20.0 Å². The number of nitrogens with one attached hydrogen (secondary N) is 1. The van der Waals surface area contributed by atoms with E-state index in [0.29, 0.717) is 28.5 Å². The number of amides is 2. The van der Waals surface area contributed by atoms with Crippen molar-refractivity contribution in [2.75, 3.05) is 30.2 Å². The second-order valence-corrected chi connectivity index (χ2v) is 8.95. The summed E-state index contributed by atoms with van der Waals surface area (Å²) in [5, 5.41) is 2.79. The fourth-order valence-electron chi connectivity index (χ4n) is 3.74. The van der Waals surface area contributed by atoms with Gasteiger partial charge in [0.1, 0.15) is 16.9 Å². The van der Waals surface area contributed by atoms with Crippen LogP contribution in [0.4, 0.5) is 11.4 Å². The molecule has 170 valence electrons. The molecule has 3 aromatic rings. The summed E-state index contributed by atoms with van der Waals surface area (Å²) in [6.07, 6.45) is 0. The van der Waals surface area contributed by atoms with Gasteiger partial charge in [-0.15, -0.1) is 11.8 Å². The number of aryl methyl sites for hydroxylation is 2. The Morgan fingerprint density at radius 1 is 0.970 bits per heavy atom. The molecule has 0 bridgehead atoms. The number of hydrogen-bond donors (Lipinski definition) is 1. The zero-order chi connectivity index (χ0) is 23.5. The summed E-state index contributed by atoms with van der Waals surface area (Å²) in [5.74, 6) is 1.30. The molecular formula is C26H26N2O4S. The van der Waals surface area contributed by atoms with Gasteiger partial charge < -0.3 is 14.8 Å². The lowest BCUT2D eigenvalue weighted by atomic mass is 10.1. The van der Waals surface area contributed by atoms with E-state index in [1.54, 1.807) is 44.2 Å². The fraction of sp³-hybridized carbons (Fsp3) is 0.231. The van der Waals surface area contributed by atoms with E-state index in [9.17, 15) is 9.59 Å². The Kier molecular flexibility index (Phi) is 6.60. The van der Waals surface area contributed by atoms with Gasteiger partial charge in [0.25, 0.3) is 5.91 Å². The maximum atomic E-state index is 12.9. The van der Waals surface area contributed by atoms with Crippen molar-refractivity contribution in [1.82, 2.24) is 0 Å². The maximum Gasteiger partial charge on any atom is 0.255 e. The van der Waals surface area contributed by atoms with Crippen LogP contribution in [-0.2, 0) is 4.79 Å². The van der Waals surface area contributed by atoms with Gasteiger partial charge in [-0.25, -0.2) is 0 Å². The largest absolute Gasteiger partial charge is 0.497 e. The zero-order valence-electron chi connectivity index (χ0n) is 19.0. The number of rotatable bonds is 6. The first-order chi connectivity index (χ1) is 15.9. The first-order valence-electron chi connectivity index (χ1n) is 10.5. The predicted octanol–water partition coefficient (Wildman–Crippen LogP) is 5.35. The van der Waals surface area contributed by atoms with E-state index in [-0.39, 0.29) is 17.2 Å². The van der Waals surface area contributed by atoms with Crippen molar-refractivity contribution >= 4 is 35.0 Å².